The summed E-state index contributed by atoms with van der Waals surface area (Å²) in [4.78, 5) is 37.7. The van der Waals surface area contributed by atoms with E-state index in [1.54, 1.807) is 24.3 Å². The number of carbonyl (C=O) groups is 3. The van der Waals surface area contributed by atoms with Crippen LogP contribution in [0.1, 0.15) is 32.1 Å². The summed E-state index contributed by atoms with van der Waals surface area (Å²) in [6.07, 6.45) is 5.29. The fraction of sp³-hybridized carbons (Fsp3) is 0.526. The summed E-state index contributed by atoms with van der Waals surface area (Å²) in [5, 5.41) is 2.73. The molecule has 0 spiro atoms. The van der Waals surface area contributed by atoms with E-state index in [2.05, 4.69) is 5.32 Å². The molecule has 2 amide bonds. The first kappa shape index (κ1) is 16.1. The highest BCUT2D eigenvalue weighted by Gasteiger charge is 2.40. The number of para-hydroxylation sites is 2. The molecule has 3 atom stereocenters. The van der Waals surface area contributed by atoms with Gasteiger partial charge in [-0.1, -0.05) is 18.6 Å². The first-order valence-electron chi connectivity index (χ1n) is 8.95. The van der Waals surface area contributed by atoms with Crippen LogP contribution >= 0.6 is 0 Å². The fourth-order valence-electron chi connectivity index (χ4n) is 4.58. The summed E-state index contributed by atoms with van der Waals surface area (Å²) in [6.45, 7) is -0.374. The predicted molar refractivity (Wildman–Crippen MR) is 91.9 cm³/mol. The van der Waals surface area contributed by atoms with Crippen LogP contribution in [0.5, 0.6) is 0 Å². The molecule has 2 aliphatic carbocycles. The smallest absolute Gasteiger partial charge is 0.306 e. The molecule has 1 N–H and O–H groups in total. The number of amides is 2. The molecule has 1 aliphatic heterocycles. The Labute approximate surface area is 146 Å². The first-order chi connectivity index (χ1) is 12.1. The summed E-state index contributed by atoms with van der Waals surface area (Å²) in [5.41, 5.74) is 1.23. The molecule has 2 bridgehead atoms. The predicted octanol–water partition coefficient (Wildman–Crippen LogP) is 2.34. The molecule has 1 aromatic carbocycles. The van der Waals surface area contributed by atoms with Crippen LogP contribution in [0.3, 0.4) is 0 Å². The zero-order chi connectivity index (χ0) is 17.4. The molecule has 132 valence electrons. The van der Waals surface area contributed by atoms with E-state index in [0.29, 0.717) is 29.6 Å². The molecule has 0 aromatic heterocycles. The average molecular weight is 342 g/mol. The number of anilines is 2. The van der Waals surface area contributed by atoms with Gasteiger partial charge in [-0.2, -0.15) is 0 Å². The number of nitrogens with zero attached hydrogens (tertiary/aromatic N) is 1. The van der Waals surface area contributed by atoms with Crippen molar-refractivity contribution in [2.24, 2.45) is 17.8 Å². The number of hydrogen-bond acceptors (Lipinski definition) is 4. The second-order valence-corrected chi connectivity index (χ2v) is 7.34. The molecule has 6 nitrogen and oxygen atoms in total. The Morgan fingerprint density at radius 1 is 1.20 bits per heavy atom. The Morgan fingerprint density at radius 2 is 2.04 bits per heavy atom. The number of fused-ring (bicyclic) bond motifs is 3. The minimum absolute atomic E-state index is 0.0558. The van der Waals surface area contributed by atoms with E-state index in [4.69, 9.17) is 4.74 Å². The van der Waals surface area contributed by atoms with Crippen molar-refractivity contribution in [2.75, 3.05) is 23.4 Å². The van der Waals surface area contributed by atoms with Crippen LogP contribution in [0.25, 0.3) is 0 Å². The Kier molecular flexibility index (Phi) is 4.19. The zero-order valence-electron chi connectivity index (χ0n) is 14.1. The molecule has 0 saturated heterocycles. The number of esters is 1. The van der Waals surface area contributed by atoms with Crippen LogP contribution in [0.2, 0.25) is 0 Å². The zero-order valence-corrected chi connectivity index (χ0v) is 14.1. The van der Waals surface area contributed by atoms with Gasteiger partial charge in [0.2, 0.25) is 5.91 Å². The van der Waals surface area contributed by atoms with E-state index in [1.165, 1.54) is 24.2 Å². The molecule has 1 aromatic rings. The van der Waals surface area contributed by atoms with Crippen molar-refractivity contribution in [3.8, 4) is 0 Å². The lowest BCUT2D eigenvalue weighted by Crippen LogP contribution is -2.44. The van der Waals surface area contributed by atoms with E-state index >= 15 is 0 Å². The van der Waals surface area contributed by atoms with Crippen molar-refractivity contribution in [3.63, 3.8) is 0 Å². The second-order valence-electron chi connectivity index (χ2n) is 7.34. The number of hydrogen-bond donors (Lipinski definition) is 1. The summed E-state index contributed by atoms with van der Waals surface area (Å²) in [6, 6.07) is 7.11. The Balaban J connectivity index is 1.33. The lowest BCUT2D eigenvalue weighted by Gasteiger charge is -2.29. The maximum absolute atomic E-state index is 12.4. The third-order valence-corrected chi connectivity index (χ3v) is 5.74. The van der Waals surface area contributed by atoms with Crippen molar-refractivity contribution in [1.29, 1.82) is 0 Å². The Hall–Kier alpha value is -2.37. The monoisotopic (exact) mass is 342 g/mol. The number of carbonyl (C=O) groups excluding carboxylic acids is 3. The van der Waals surface area contributed by atoms with Crippen LogP contribution in [-0.4, -0.2) is 30.9 Å². The quantitative estimate of drug-likeness (QED) is 0.852. The number of benzene rings is 1. The third-order valence-electron chi connectivity index (χ3n) is 5.74. The SMILES string of the molecule is O=C1CN(C(=O)COC(=O)C[C@@H]2C[C@H]3CC[C@H]2C3)c2ccccc2N1. The summed E-state index contributed by atoms with van der Waals surface area (Å²) in [5.74, 6) is 0.936. The van der Waals surface area contributed by atoms with Gasteiger partial charge in [0.25, 0.3) is 5.91 Å². The van der Waals surface area contributed by atoms with Gasteiger partial charge in [0.05, 0.1) is 11.4 Å². The molecule has 6 heteroatoms. The van der Waals surface area contributed by atoms with Gasteiger partial charge < -0.3 is 10.1 Å². The van der Waals surface area contributed by atoms with Crippen LogP contribution in [0.4, 0.5) is 11.4 Å². The molecule has 2 fully saturated rings. The molecular formula is C19H22N2O4. The van der Waals surface area contributed by atoms with Crippen molar-refractivity contribution in [2.45, 2.75) is 32.1 Å². The van der Waals surface area contributed by atoms with Gasteiger partial charge >= 0.3 is 5.97 Å². The van der Waals surface area contributed by atoms with Crippen molar-refractivity contribution in [3.05, 3.63) is 24.3 Å². The van der Waals surface area contributed by atoms with Gasteiger partial charge in [-0.3, -0.25) is 19.3 Å². The topological polar surface area (TPSA) is 75.7 Å². The molecule has 3 aliphatic rings. The van der Waals surface area contributed by atoms with E-state index < -0.39 is 0 Å². The van der Waals surface area contributed by atoms with Gasteiger partial charge in [-0.05, 0) is 49.1 Å². The van der Waals surface area contributed by atoms with E-state index in [9.17, 15) is 14.4 Å². The third kappa shape index (κ3) is 3.25. The highest BCUT2D eigenvalue weighted by atomic mass is 16.5. The second kappa shape index (κ2) is 6.50. The van der Waals surface area contributed by atoms with Crippen LogP contribution in [-0.2, 0) is 19.1 Å². The standard InChI is InChI=1S/C19H22N2O4/c22-17-10-21(16-4-2-1-3-15(16)20-17)18(23)11-25-19(24)9-14-8-12-5-6-13(14)7-12/h1-4,12-14H,5-11H2,(H,20,22)/t12-,13-,14-/m0/s1. The fourth-order valence-corrected chi connectivity index (χ4v) is 4.58. The van der Waals surface area contributed by atoms with Gasteiger partial charge in [0.1, 0.15) is 6.54 Å². The van der Waals surface area contributed by atoms with Crippen LogP contribution in [0, 0.1) is 17.8 Å². The lowest BCUT2D eigenvalue weighted by atomic mass is 9.86. The van der Waals surface area contributed by atoms with Crippen molar-refractivity contribution < 1.29 is 19.1 Å². The van der Waals surface area contributed by atoms with E-state index in [1.807, 2.05) is 0 Å². The van der Waals surface area contributed by atoms with Gasteiger partial charge in [-0.15, -0.1) is 0 Å². The number of nitrogens with one attached hydrogen (secondary N) is 1. The molecule has 0 radical (unpaired) electrons. The van der Waals surface area contributed by atoms with Gasteiger partial charge in [0.15, 0.2) is 6.61 Å². The maximum Gasteiger partial charge on any atom is 0.306 e. The highest BCUT2D eigenvalue weighted by molar-refractivity contribution is 6.10. The average Bonchev–Trinajstić information content (AvgIpc) is 3.21. The molecule has 1 heterocycles. The summed E-state index contributed by atoms with van der Waals surface area (Å²) in [7, 11) is 0. The molecule has 0 unspecified atom stereocenters. The van der Waals surface area contributed by atoms with Crippen molar-refractivity contribution in [1.82, 2.24) is 0 Å². The Morgan fingerprint density at radius 3 is 2.80 bits per heavy atom. The molecule has 2 saturated carbocycles. The Bertz CT molecular complexity index is 717. The highest BCUT2D eigenvalue weighted by Crippen LogP contribution is 2.49. The first-order valence-corrected chi connectivity index (χ1v) is 8.95. The lowest BCUT2D eigenvalue weighted by molar-refractivity contribution is -0.149. The van der Waals surface area contributed by atoms with E-state index in [0.717, 1.165) is 12.3 Å². The minimum Gasteiger partial charge on any atom is -0.456 e. The molecular weight excluding hydrogens is 320 g/mol. The maximum atomic E-state index is 12.4. The number of ether oxygens (including phenoxy) is 1. The molecule has 25 heavy (non-hydrogen) atoms. The van der Waals surface area contributed by atoms with Crippen molar-refractivity contribution >= 4 is 29.2 Å². The summed E-state index contributed by atoms with van der Waals surface area (Å²) >= 11 is 0. The minimum atomic E-state index is -0.372. The summed E-state index contributed by atoms with van der Waals surface area (Å²) < 4.78 is 5.22. The van der Waals surface area contributed by atoms with Crippen LogP contribution < -0.4 is 10.2 Å². The largest absolute Gasteiger partial charge is 0.456 e. The van der Waals surface area contributed by atoms with Crippen LogP contribution in [0.15, 0.2) is 24.3 Å². The normalized spacial score (nSPS) is 27.0. The van der Waals surface area contributed by atoms with Gasteiger partial charge in [-0.25, -0.2) is 0 Å². The van der Waals surface area contributed by atoms with E-state index in [-0.39, 0.29) is 30.9 Å². The van der Waals surface area contributed by atoms with Gasteiger partial charge in [0, 0.05) is 6.42 Å². The molecule has 4 rings (SSSR count). The number of rotatable bonds is 4.